The average Bonchev–Trinajstić information content (AvgIpc) is 2.62. The van der Waals surface area contributed by atoms with Crippen LogP contribution in [0.2, 0.25) is 0 Å². The standard InChI is InChI=1S/C13H16N2S/c1-10(2)12-8-14-13(16)15(12)9-11-6-4-3-5-7-11/h3-8,10H,9H2,1-2H3,(H,14,16). The smallest absolute Gasteiger partial charge is 0.177 e. The van der Waals surface area contributed by atoms with Gasteiger partial charge in [-0.25, -0.2) is 0 Å². The zero-order valence-corrected chi connectivity index (χ0v) is 10.4. The monoisotopic (exact) mass is 232 g/mol. The van der Waals surface area contributed by atoms with Gasteiger partial charge in [0.05, 0.1) is 6.54 Å². The first-order valence-electron chi connectivity index (χ1n) is 5.50. The van der Waals surface area contributed by atoms with Crippen molar-refractivity contribution in [1.29, 1.82) is 0 Å². The first-order chi connectivity index (χ1) is 7.68. The molecule has 1 aromatic carbocycles. The molecule has 0 saturated carbocycles. The second-order valence-corrected chi connectivity index (χ2v) is 4.63. The van der Waals surface area contributed by atoms with Crippen LogP contribution in [0.1, 0.15) is 31.0 Å². The van der Waals surface area contributed by atoms with Gasteiger partial charge in [-0.15, -0.1) is 0 Å². The topological polar surface area (TPSA) is 20.7 Å². The molecule has 1 aromatic heterocycles. The second-order valence-electron chi connectivity index (χ2n) is 4.25. The summed E-state index contributed by atoms with van der Waals surface area (Å²) in [5.74, 6) is 0.483. The lowest BCUT2D eigenvalue weighted by Gasteiger charge is -2.10. The summed E-state index contributed by atoms with van der Waals surface area (Å²) in [7, 11) is 0. The SMILES string of the molecule is CC(C)c1c[nH]c(=S)n1Cc1ccccc1. The Morgan fingerprint density at radius 1 is 1.25 bits per heavy atom. The largest absolute Gasteiger partial charge is 0.337 e. The van der Waals surface area contributed by atoms with Crippen LogP contribution in [-0.2, 0) is 6.54 Å². The van der Waals surface area contributed by atoms with Crippen molar-refractivity contribution in [3.05, 3.63) is 52.6 Å². The zero-order chi connectivity index (χ0) is 11.5. The van der Waals surface area contributed by atoms with Crippen LogP contribution in [0.4, 0.5) is 0 Å². The lowest BCUT2D eigenvalue weighted by Crippen LogP contribution is -2.05. The van der Waals surface area contributed by atoms with Gasteiger partial charge in [0.15, 0.2) is 4.77 Å². The van der Waals surface area contributed by atoms with Crippen LogP contribution >= 0.6 is 12.2 Å². The van der Waals surface area contributed by atoms with Crippen LogP contribution in [0.15, 0.2) is 36.5 Å². The van der Waals surface area contributed by atoms with Gasteiger partial charge < -0.3 is 9.55 Å². The maximum absolute atomic E-state index is 5.30. The van der Waals surface area contributed by atoms with Gasteiger partial charge in [0, 0.05) is 11.9 Å². The molecule has 0 unspecified atom stereocenters. The molecule has 0 spiro atoms. The number of rotatable bonds is 3. The Bertz CT molecular complexity index is 508. The summed E-state index contributed by atoms with van der Waals surface area (Å²) < 4.78 is 2.96. The van der Waals surface area contributed by atoms with Crippen molar-refractivity contribution in [3.63, 3.8) is 0 Å². The summed E-state index contributed by atoms with van der Waals surface area (Å²) in [6.45, 7) is 5.20. The van der Waals surface area contributed by atoms with Crippen LogP contribution in [0, 0.1) is 4.77 Å². The first kappa shape index (κ1) is 11.1. The van der Waals surface area contributed by atoms with E-state index in [0.29, 0.717) is 5.92 Å². The van der Waals surface area contributed by atoms with E-state index in [4.69, 9.17) is 12.2 Å². The molecule has 0 aliphatic carbocycles. The van der Waals surface area contributed by atoms with Crippen LogP contribution in [0.25, 0.3) is 0 Å². The molecule has 0 bridgehead atoms. The molecule has 0 amide bonds. The highest BCUT2D eigenvalue weighted by Crippen LogP contribution is 2.16. The van der Waals surface area contributed by atoms with Crippen molar-refractivity contribution in [2.45, 2.75) is 26.3 Å². The van der Waals surface area contributed by atoms with Crippen molar-refractivity contribution >= 4 is 12.2 Å². The molecule has 0 aliphatic rings. The summed E-state index contributed by atoms with van der Waals surface area (Å²) in [5, 5.41) is 0. The second kappa shape index (κ2) is 4.66. The van der Waals surface area contributed by atoms with Gasteiger partial charge in [0.2, 0.25) is 0 Å². The number of hydrogen-bond acceptors (Lipinski definition) is 1. The molecular formula is C13H16N2S. The Labute approximate surface area is 101 Å². The minimum Gasteiger partial charge on any atom is -0.337 e. The van der Waals surface area contributed by atoms with Crippen molar-refractivity contribution in [2.24, 2.45) is 0 Å². The van der Waals surface area contributed by atoms with E-state index in [2.05, 4.69) is 47.7 Å². The highest BCUT2D eigenvalue weighted by atomic mass is 32.1. The van der Waals surface area contributed by atoms with Crippen LogP contribution in [0.3, 0.4) is 0 Å². The molecular weight excluding hydrogens is 216 g/mol. The number of imidazole rings is 1. The molecule has 0 radical (unpaired) electrons. The van der Waals surface area contributed by atoms with Crippen molar-refractivity contribution in [1.82, 2.24) is 9.55 Å². The summed E-state index contributed by atoms with van der Waals surface area (Å²) >= 11 is 5.30. The molecule has 0 saturated heterocycles. The first-order valence-corrected chi connectivity index (χ1v) is 5.91. The summed E-state index contributed by atoms with van der Waals surface area (Å²) in [6.07, 6.45) is 2.01. The van der Waals surface area contributed by atoms with Gasteiger partial charge in [0.1, 0.15) is 0 Å². The van der Waals surface area contributed by atoms with E-state index in [1.807, 2.05) is 12.3 Å². The van der Waals surface area contributed by atoms with E-state index in [1.54, 1.807) is 0 Å². The van der Waals surface area contributed by atoms with Gasteiger partial charge in [-0.05, 0) is 23.7 Å². The summed E-state index contributed by atoms with van der Waals surface area (Å²) in [4.78, 5) is 3.12. The minimum atomic E-state index is 0.483. The predicted octanol–water partition coefficient (Wildman–Crippen LogP) is 3.72. The van der Waals surface area contributed by atoms with E-state index in [9.17, 15) is 0 Å². The molecule has 0 atom stereocenters. The van der Waals surface area contributed by atoms with Gasteiger partial charge in [-0.2, -0.15) is 0 Å². The molecule has 16 heavy (non-hydrogen) atoms. The van der Waals surface area contributed by atoms with Crippen molar-refractivity contribution in [3.8, 4) is 0 Å². The van der Waals surface area contributed by atoms with Crippen LogP contribution in [-0.4, -0.2) is 9.55 Å². The van der Waals surface area contributed by atoms with E-state index < -0.39 is 0 Å². The third-order valence-electron chi connectivity index (χ3n) is 2.68. The van der Waals surface area contributed by atoms with Crippen LogP contribution < -0.4 is 0 Å². The average molecular weight is 232 g/mol. The molecule has 2 nitrogen and oxygen atoms in total. The third kappa shape index (κ3) is 2.25. The highest BCUT2D eigenvalue weighted by Gasteiger charge is 2.07. The Hall–Kier alpha value is -1.35. The lowest BCUT2D eigenvalue weighted by atomic mass is 10.1. The molecule has 2 rings (SSSR count). The normalized spacial score (nSPS) is 10.9. The fourth-order valence-corrected chi connectivity index (χ4v) is 2.05. The number of nitrogens with one attached hydrogen (secondary N) is 1. The van der Waals surface area contributed by atoms with Crippen molar-refractivity contribution < 1.29 is 0 Å². The fraction of sp³-hybridized carbons (Fsp3) is 0.308. The minimum absolute atomic E-state index is 0.483. The maximum Gasteiger partial charge on any atom is 0.177 e. The Balaban J connectivity index is 2.34. The molecule has 1 heterocycles. The molecule has 0 aliphatic heterocycles. The zero-order valence-electron chi connectivity index (χ0n) is 9.60. The van der Waals surface area contributed by atoms with Gasteiger partial charge >= 0.3 is 0 Å². The third-order valence-corrected chi connectivity index (χ3v) is 3.01. The number of H-pyrrole nitrogens is 1. The molecule has 84 valence electrons. The Morgan fingerprint density at radius 2 is 1.94 bits per heavy atom. The molecule has 2 aromatic rings. The van der Waals surface area contributed by atoms with E-state index in [-0.39, 0.29) is 0 Å². The number of aromatic amines is 1. The number of benzene rings is 1. The predicted molar refractivity (Wildman–Crippen MR) is 69.2 cm³/mol. The number of nitrogens with zero attached hydrogens (tertiary/aromatic N) is 1. The molecule has 3 heteroatoms. The lowest BCUT2D eigenvalue weighted by molar-refractivity contribution is 0.684. The van der Waals surface area contributed by atoms with Gasteiger partial charge in [-0.3, -0.25) is 0 Å². The maximum atomic E-state index is 5.30. The quantitative estimate of drug-likeness (QED) is 0.800. The molecule has 0 fully saturated rings. The van der Waals surface area contributed by atoms with E-state index in [0.717, 1.165) is 11.3 Å². The van der Waals surface area contributed by atoms with Gasteiger partial charge in [-0.1, -0.05) is 44.2 Å². The summed E-state index contributed by atoms with van der Waals surface area (Å²) in [6, 6.07) is 10.4. The number of hydrogen-bond donors (Lipinski definition) is 1. The fourth-order valence-electron chi connectivity index (χ4n) is 1.82. The summed E-state index contributed by atoms with van der Waals surface area (Å²) in [5.41, 5.74) is 2.54. The Morgan fingerprint density at radius 3 is 2.56 bits per heavy atom. The Kier molecular flexibility index (Phi) is 3.25. The van der Waals surface area contributed by atoms with Gasteiger partial charge in [0.25, 0.3) is 0 Å². The molecule has 1 N–H and O–H groups in total. The number of aromatic nitrogens is 2. The van der Waals surface area contributed by atoms with E-state index >= 15 is 0 Å². The highest BCUT2D eigenvalue weighted by molar-refractivity contribution is 7.71. The van der Waals surface area contributed by atoms with E-state index in [1.165, 1.54) is 11.3 Å². The van der Waals surface area contributed by atoms with Crippen LogP contribution in [0.5, 0.6) is 0 Å². The van der Waals surface area contributed by atoms with Crippen molar-refractivity contribution in [2.75, 3.05) is 0 Å².